The first-order chi connectivity index (χ1) is 11.8. The van der Waals surface area contributed by atoms with Crippen molar-refractivity contribution in [3.05, 3.63) is 28.8 Å². The van der Waals surface area contributed by atoms with Crippen molar-refractivity contribution in [3.63, 3.8) is 0 Å². The predicted octanol–water partition coefficient (Wildman–Crippen LogP) is 4.12. The highest BCUT2D eigenvalue weighted by Crippen LogP contribution is 2.33. The van der Waals surface area contributed by atoms with E-state index in [9.17, 15) is 26.4 Å². The molecule has 0 aromatic heterocycles. The van der Waals surface area contributed by atoms with E-state index in [0.717, 1.165) is 12.1 Å². The fourth-order valence-corrected chi connectivity index (χ4v) is 4.26. The Balaban J connectivity index is 3.28. The molecule has 0 spiro atoms. The Kier molecular flexibility index (Phi) is 6.67. The number of sulfonamides is 1. The minimum absolute atomic E-state index is 0.147. The van der Waals surface area contributed by atoms with E-state index in [2.05, 4.69) is 4.72 Å². The lowest BCUT2D eigenvalue weighted by atomic mass is 9.86. The van der Waals surface area contributed by atoms with Gasteiger partial charge in [-0.3, -0.25) is 4.79 Å². The average molecular weight is 429 g/mol. The van der Waals surface area contributed by atoms with Gasteiger partial charge in [-0.1, -0.05) is 32.4 Å². The molecule has 10 heteroatoms. The zero-order chi connectivity index (χ0) is 21.4. The van der Waals surface area contributed by atoms with E-state index in [1.807, 2.05) is 5.32 Å². The summed E-state index contributed by atoms with van der Waals surface area (Å²) in [5.41, 5.74) is -2.34. The molecule has 1 rings (SSSR count). The van der Waals surface area contributed by atoms with Gasteiger partial charge >= 0.3 is 6.18 Å². The standard InChI is InChI=1S/C17H24ClF3N2O3S/c1-15(2,3)14(17(19,20)21)22-13(24)10-7-8-11(18)12(9-10)27(25,26)23-16(4,5)6/h7-9,14,23H,1-6H3,(H,22,24)/t14-/m0/s1. The summed E-state index contributed by atoms with van der Waals surface area (Å²) in [6.45, 7) is 8.88. The molecule has 1 aromatic rings. The van der Waals surface area contributed by atoms with E-state index in [1.165, 1.54) is 26.8 Å². The zero-order valence-corrected chi connectivity index (χ0v) is 17.5. The second-order valence-electron chi connectivity index (χ2n) is 8.31. The topological polar surface area (TPSA) is 75.3 Å². The highest BCUT2D eigenvalue weighted by Gasteiger charge is 2.47. The predicted molar refractivity (Wildman–Crippen MR) is 98.3 cm³/mol. The van der Waals surface area contributed by atoms with Crippen molar-refractivity contribution in [3.8, 4) is 0 Å². The van der Waals surface area contributed by atoms with Gasteiger partial charge in [0, 0.05) is 11.1 Å². The highest BCUT2D eigenvalue weighted by atomic mass is 35.5. The fraction of sp³-hybridized carbons (Fsp3) is 0.588. The van der Waals surface area contributed by atoms with Crippen molar-refractivity contribution in [1.82, 2.24) is 10.0 Å². The maximum Gasteiger partial charge on any atom is 0.409 e. The quantitative estimate of drug-likeness (QED) is 0.757. The third-order valence-electron chi connectivity index (χ3n) is 3.39. The van der Waals surface area contributed by atoms with E-state index in [1.54, 1.807) is 20.8 Å². The van der Waals surface area contributed by atoms with E-state index < -0.39 is 39.1 Å². The molecule has 1 amide bonds. The Morgan fingerprint density at radius 3 is 2.00 bits per heavy atom. The van der Waals surface area contributed by atoms with Gasteiger partial charge in [-0.25, -0.2) is 13.1 Å². The van der Waals surface area contributed by atoms with Gasteiger partial charge in [-0.15, -0.1) is 0 Å². The minimum Gasteiger partial charge on any atom is -0.340 e. The first kappa shape index (κ1) is 23.7. The molecule has 0 saturated heterocycles. The molecule has 2 N–H and O–H groups in total. The maximum absolute atomic E-state index is 13.3. The molecule has 0 fully saturated rings. The molecule has 0 bridgehead atoms. The number of nitrogens with one attached hydrogen (secondary N) is 2. The monoisotopic (exact) mass is 428 g/mol. The Morgan fingerprint density at radius 1 is 1.07 bits per heavy atom. The fourth-order valence-electron chi connectivity index (χ4n) is 2.31. The van der Waals surface area contributed by atoms with Crippen LogP contribution in [0.1, 0.15) is 51.9 Å². The summed E-state index contributed by atoms with van der Waals surface area (Å²) in [6.07, 6.45) is -4.66. The SMILES string of the molecule is CC(C)(C)NS(=O)(=O)c1cc(C(=O)N[C@@H](C(C)(C)C)C(F)(F)F)ccc1Cl. The molecule has 0 unspecified atom stereocenters. The van der Waals surface area contributed by atoms with E-state index in [0.29, 0.717) is 0 Å². The van der Waals surface area contributed by atoms with Crippen LogP contribution in [0.2, 0.25) is 5.02 Å². The maximum atomic E-state index is 13.3. The summed E-state index contributed by atoms with van der Waals surface area (Å²) in [4.78, 5) is 12.0. The summed E-state index contributed by atoms with van der Waals surface area (Å²) in [5.74, 6) is -1.05. The van der Waals surface area contributed by atoms with Crippen molar-refractivity contribution < 1.29 is 26.4 Å². The molecule has 1 atom stereocenters. The van der Waals surface area contributed by atoms with E-state index in [-0.39, 0.29) is 15.5 Å². The number of benzene rings is 1. The molecule has 0 aliphatic heterocycles. The Hall–Kier alpha value is -1.32. The summed E-state index contributed by atoms with van der Waals surface area (Å²) >= 11 is 5.93. The number of rotatable bonds is 4. The normalized spacial score (nSPS) is 14.7. The lowest BCUT2D eigenvalue weighted by molar-refractivity contribution is -0.174. The van der Waals surface area contributed by atoms with Crippen molar-refractivity contribution in [1.29, 1.82) is 0 Å². The second-order valence-corrected chi connectivity index (χ2v) is 10.4. The largest absolute Gasteiger partial charge is 0.409 e. The molecular formula is C17H24ClF3N2O3S. The first-order valence-electron chi connectivity index (χ1n) is 8.06. The number of carbonyl (C=O) groups is 1. The Morgan fingerprint density at radius 2 is 1.59 bits per heavy atom. The van der Waals surface area contributed by atoms with Gasteiger partial charge in [0.25, 0.3) is 5.91 Å². The number of amides is 1. The third kappa shape index (κ3) is 6.65. The molecular weight excluding hydrogens is 405 g/mol. The van der Waals surface area contributed by atoms with Gasteiger partial charge in [0.2, 0.25) is 10.0 Å². The number of carbonyl (C=O) groups excluding carboxylic acids is 1. The third-order valence-corrected chi connectivity index (χ3v) is 5.63. The van der Waals surface area contributed by atoms with Crippen LogP contribution in [-0.2, 0) is 10.0 Å². The van der Waals surface area contributed by atoms with Crippen LogP contribution in [0.15, 0.2) is 23.1 Å². The van der Waals surface area contributed by atoms with Gasteiger partial charge in [0.15, 0.2) is 0 Å². The van der Waals surface area contributed by atoms with E-state index in [4.69, 9.17) is 11.6 Å². The average Bonchev–Trinajstić information content (AvgIpc) is 2.39. The molecule has 0 saturated carbocycles. The molecule has 0 heterocycles. The molecule has 27 heavy (non-hydrogen) atoms. The second kappa shape index (κ2) is 7.60. The van der Waals surface area contributed by atoms with Crippen LogP contribution in [0.4, 0.5) is 13.2 Å². The van der Waals surface area contributed by atoms with E-state index >= 15 is 0 Å². The summed E-state index contributed by atoms with van der Waals surface area (Å²) in [5, 5.41) is 1.79. The number of hydrogen-bond acceptors (Lipinski definition) is 3. The summed E-state index contributed by atoms with van der Waals surface area (Å²) in [6, 6.07) is 1.18. The smallest absolute Gasteiger partial charge is 0.340 e. The number of halogens is 4. The van der Waals surface area contributed by atoms with Crippen LogP contribution >= 0.6 is 11.6 Å². The molecule has 154 valence electrons. The van der Waals surface area contributed by atoms with Crippen LogP contribution in [0.5, 0.6) is 0 Å². The number of hydrogen-bond donors (Lipinski definition) is 2. The lowest BCUT2D eigenvalue weighted by Gasteiger charge is -2.33. The van der Waals surface area contributed by atoms with Crippen molar-refractivity contribution in [2.24, 2.45) is 5.41 Å². The van der Waals surface area contributed by atoms with Gasteiger partial charge < -0.3 is 5.32 Å². The molecule has 5 nitrogen and oxygen atoms in total. The van der Waals surface area contributed by atoms with Crippen molar-refractivity contribution in [2.45, 2.75) is 64.2 Å². The van der Waals surface area contributed by atoms with Crippen LogP contribution < -0.4 is 10.0 Å². The summed E-state index contributed by atoms with van der Waals surface area (Å²) < 4.78 is 67.1. The number of alkyl halides is 3. The van der Waals surface area contributed by atoms with Crippen LogP contribution in [0.25, 0.3) is 0 Å². The lowest BCUT2D eigenvalue weighted by Crippen LogP contribution is -2.53. The zero-order valence-electron chi connectivity index (χ0n) is 16.0. The molecule has 0 radical (unpaired) electrons. The molecule has 1 aromatic carbocycles. The van der Waals surface area contributed by atoms with Gasteiger partial charge in [0.1, 0.15) is 10.9 Å². The molecule has 0 aliphatic carbocycles. The first-order valence-corrected chi connectivity index (χ1v) is 9.92. The van der Waals surface area contributed by atoms with Crippen LogP contribution in [0, 0.1) is 5.41 Å². The minimum atomic E-state index is -4.66. The molecule has 0 aliphatic rings. The Bertz CT molecular complexity index is 796. The van der Waals surface area contributed by atoms with Gasteiger partial charge in [-0.05, 0) is 44.4 Å². The van der Waals surface area contributed by atoms with Crippen molar-refractivity contribution in [2.75, 3.05) is 0 Å². The summed E-state index contributed by atoms with van der Waals surface area (Å²) in [7, 11) is -4.07. The van der Waals surface area contributed by atoms with Gasteiger partial charge in [0.05, 0.1) is 5.02 Å². The van der Waals surface area contributed by atoms with Crippen LogP contribution in [-0.4, -0.2) is 32.1 Å². The Labute approximate surface area is 162 Å². The van der Waals surface area contributed by atoms with Crippen LogP contribution in [0.3, 0.4) is 0 Å². The van der Waals surface area contributed by atoms with Crippen molar-refractivity contribution >= 4 is 27.5 Å². The highest BCUT2D eigenvalue weighted by molar-refractivity contribution is 7.89. The van der Waals surface area contributed by atoms with Gasteiger partial charge in [-0.2, -0.15) is 13.2 Å².